The van der Waals surface area contributed by atoms with Gasteiger partial charge in [0.05, 0.1) is 11.8 Å². The van der Waals surface area contributed by atoms with Crippen LogP contribution in [-0.4, -0.2) is 36.5 Å². The molecule has 0 aliphatic carbocycles. The first-order valence-electron chi connectivity index (χ1n) is 5.79. The molecule has 2 N–H and O–H groups in total. The van der Waals surface area contributed by atoms with Gasteiger partial charge in [-0.15, -0.1) is 11.8 Å². The Kier molecular flexibility index (Phi) is 7.02. The summed E-state index contributed by atoms with van der Waals surface area (Å²) in [6.07, 6.45) is 3.58. The SMILES string of the molecule is N#CCCCNC(=O)CSC1CCNCC1. The number of hydrogen-bond donors (Lipinski definition) is 2. The fourth-order valence-electron chi connectivity index (χ4n) is 1.60. The number of thioether (sulfide) groups is 1. The summed E-state index contributed by atoms with van der Waals surface area (Å²) in [4.78, 5) is 11.4. The summed E-state index contributed by atoms with van der Waals surface area (Å²) in [5, 5.41) is 15.1. The second-order valence-corrected chi connectivity index (χ2v) is 5.16. The van der Waals surface area contributed by atoms with Crippen LogP contribution >= 0.6 is 11.8 Å². The molecule has 1 saturated heterocycles. The Morgan fingerprint density at radius 3 is 2.94 bits per heavy atom. The quantitative estimate of drug-likeness (QED) is 0.678. The van der Waals surface area contributed by atoms with Crippen molar-refractivity contribution in [3.05, 3.63) is 0 Å². The zero-order valence-corrected chi connectivity index (χ0v) is 10.3. The van der Waals surface area contributed by atoms with E-state index < -0.39 is 0 Å². The molecule has 0 atom stereocenters. The highest BCUT2D eigenvalue weighted by molar-refractivity contribution is 8.00. The lowest BCUT2D eigenvalue weighted by atomic mass is 10.2. The van der Waals surface area contributed by atoms with Gasteiger partial charge in [0.25, 0.3) is 0 Å². The minimum absolute atomic E-state index is 0.0986. The van der Waals surface area contributed by atoms with E-state index in [0.717, 1.165) is 32.4 Å². The Bertz CT molecular complexity index is 246. The van der Waals surface area contributed by atoms with Crippen LogP contribution in [0.25, 0.3) is 0 Å². The van der Waals surface area contributed by atoms with Crippen molar-refractivity contribution in [2.45, 2.75) is 30.9 Å². The number of unbranched alkanes of at least 4 members (excludes halogenated alkanes) is 1. The molecule has 0 radical (unpaired) electrons. The van der Waals surface area contributed by atoms with Gasteiger partial charge in [0.15, 0.2) is 0 Å². The average Bonchev–Trinajstić information content (AvgIpc) is 2.33. The van der Waals surface area contributed by atoms with E-state index in [1.165, 1.54) is 0 Å². The van der Waals surface area contributed by atoms with Crippen LogP contribution in [0.15, 0.2) is 0 Å². The topological polar surface area (TPSA) is 64.9 Å². The van der Waals surface area contributed by atoms with E-state index in [1.807, 2.05) is 0 Å². The maximum atomic E-state index is 11.4. The third kappa shape index (κ3) is 5.99. The molecule has 0 unspecified atom stereocenters. The predicted molar refractivity (Wildman–Crippen MR) is 66.2 cm³/mol. The fourth-order valence-corrected chi connectivity index (χ4v) is 2.66. The monoisotopic (exact) mass is 241 g/mol. The largest absolute Gasteiger partial charge is 0.355 e. The lowest BCUT2D eigenvalue weighted by molar-refractivity contribution is -0.118. The van der Waals surface area contributed by atoms with Crippen molar-refractivity contribution < 1.29 is 4.79 Å². The van der Waals surface area contributed by atoms with Gasteiger partial charge < -0.3 is 10.6 Å². The number of carbonyl (C=O) groups excluding carboxylic acids is 1. The number of amides is 1. The van der Waals surface area contributed by atoms with Crippen LogP contribution in [0.2, 0.25) is 0 Å². The summed E-state index contributed by atoms with van der Waals surface area (Å²) in [7, 11) is 0. The zero-order valence-electron chi connectivity index (χ0n) is 9.50. The summed E-state index contributed by atoms with van der Waals surface area (Å²) in [6.45, 7) is 2.77. The predicted octanol–water partition coefficient (Wildman–Crippen LogP) is 0.892. The van der Waals surface area contributed by atoms with Crippen molar-refractivity contribution in [2.24, 2.45) is 0 Å². The summed E-state index contributed by atoms with van der Waals surface area (Å²) >= 11 is 1.75. The molecule has 4 nitrogen and oxygen atoms in total. The number of nitrogens with zero attached hydrogens (tertiary/aromatic N) is 1. The highest BCUT2D eigenvalue weighted by Crippen LogP contribution is 2.19. The van der Waals surface area contributed by atoms with Crippen molar-refractivity contribution >= 4 is 17.7 Å². The van der Waals surface area contributed by atoms with Gasteiger partial charge >= 0.3 is 0 Å². The first-order valence-corrected chi connectivity index (χ1v) is 6.84. The van der Waals surface area contributed by atoms with Crippen LogP contribution in [0.5, 0.6) is 0 Å². The Balaban J connectivity index is 1.99. The van der Waals surface area contributed by atoms with Crippen LogP contribution in [-0.2, 0) is 4.79 Å². The number of piperidine rings is 1. The van der Waals surface area contributed by atoms with Crippen LogP contribution in [0.1, 0.15) is 25.7 Å². The molecule has 1 aliphatic rings. The maximum absolute atomic E-state index is 11.4. The van der Waals surface area contributed by atoms with Crippen LogP contribution in [0, 0.1) is 11.3 Å². The second-order valence-electron chi connectivity index (χ2n) is 3.87. The minimum atomic E-state index is 0.0986. The molecule has 0 spiro atoms. The average molecular weight is 241 g/mol. The normalized spacial score (nSPS) is 16.7. The molecule has 0 aromatic rings. The molecule has 1 aliphatic heterocycles. The number of nitriles is 1. The van der Waals surface area contributed by atoms with E-state index in [-0.39, 0.29) is 5.91 Å². The van der Waals surface area contributed by atoms with Gasteiger partial charge in [0, 0.05) is 18.2 Å². The standard InChI is InChI=1S/C11H19N3OS/c12-5-1-2-6-14-11(15)9-16-10-3-7-13-8-4-10/h10,13H,1-4,6-9H2,(H,14,15). The molecule has 1 fully saturated rings. The Hall–Kier alpha value is -0.730. The molecule has 0 saturated carbocycles. The molecular formula is C11H19N3OS. The first kappa shape index (κ1) is 13.3. The van der Waals surface area contributed by atoms with Crippen molar-refractivity contribution in [2.75, 3.05) is 25.4 Å². The third-order valence-electron chi connectivity index (χ3n) is 2.52. The molecule has 0 bridgehead atoms. The Morgan fingerprint density at radius 2 is 2.25 bits per heavy atom. The van der Waals surface area contributed by atoms with Crippen molar-refractivity contribution in [1.82, 2.24) is 10.6 Å². The second kappa shape index (κ2) is 8.43. The molecule has 0 aromatic carbocycles. The van der Waals surface area contributed by atoms with E-state index in [4.69, 9.17) is 5.26 Å². The minimum Gasteiger partial charge on any atom is -0.355 e. The Morgan fingerprint density at radius 1 is 1.50 bits per heavy atom. The van der Waals surface area contributed by atoms with Gasteiger partial charge in [0.1, 0.15) is 0 Å². The zero-order chi connectivity index (χ0) is 11.6. The molecular weight excluding hydrogens is 222 g/mol. The number of rotatable bonds is 6. The molecule has 1 amide bonds. The molecule has 16 heavy (non-hydrogen) atoms. The highest BCUT2D eigenvalue weighted by atomic mass is 32.2. The van der Waals surface area contributed by atoms with Crippen LogP contribution in [0.3, 0.4) is 0 Å². The van der Waals surface area contributed by atoms with Gasteiger partial charge in [-0.2, -0.15) is 5.26 Å². The van der Waals surface area contributed by atoms with Gasteiger partial charge in [-0.25, -0.2) is 0 Å². The molecule has 0 aromatic heterocycles. The molecule has 1 heterocycles. The van der Waals surface area contributed by atoms with Gasteiger partial charge in [-0.05, 0) is 32.4 Å². The van der Waals surface area contributed by atoms with Crippen molar-refractivity contribution in [3.8, 4) is 6.07 Å². The van der Waals surface area contributed by atoms with E-state index in [9.17, 15) is 4.79 Å². The van der Waals surface area contributed by atoms with E-state index >= 15 is 0 Å². The molecule has 5 heteroatoms. The first-order chi connectivity index (χ1) is 7.83. The van der Waals surface area contributed by atoms with E-state index in [1.54, 1.807) is 11.8 Å². The summed E-state index contributed by atoms with van der Waals surface area (Å²) in [5.74, 6) is 0.651. The van der Waals surface area contributed by atoms with Crippen LogP contribution < -0.4 is 10.6 Å². The number of carbonyl (C=O) groups is 1. The Labute approximate surface area is 101 Å². The maximum Gasteiger partial charge on any atom is 0.230 e. The van der Waals surface area contributed by atoms with Gasteiger partial charge in [-0.1, -0.05) is 0 Å². The third-order valence-corrected chi connectivity index (χ3v) is 3.90. The fraction of sp³-hybridized carbons (Fsp3) is 0.818. The van der Waals surface area contributed by atoms with E-state index in [0.29, 0.717) is 24.0 Å². The molecule has 90 valence electrons. The molecule has 1 rings (SSSR count). The van der Waals surface area contributed by atoms with Crippen molar-refractivity contribution in [3.63, 3.8) is 0 Å². The number of nitrogens with one attached hydrogen (secondary N) is 2. The van der Waals surface area contributed by atoms with Crippen LogP contribution in [0.4, 0.5) is 0 Å². The summed E-state index contributed by atoms with van der Waals surface area (Å²) in [6, 6.07) is 2.06. The lowest BCUT2D eigenvalue weighted by Crippen LogP contribution is -2.31. The van der Waals surface area contributed by atoms with Crippen molar-refractivity contribution in [1.29, 1.82) is 5.26 Å². The van der Waals surface area contributed by atoms with E-state index in [2.05, 4.69) is 16.7 Å². The smallest absolute Gasteiger partial charge is 0.230 e. The van der Waals surface area contributed by atoms with Gasteiger partial charge in [0.2, 0.25) is 5.91 Å². The summed E-state index contributed by atoms with van der Waals surface area (Å²) in [5.41, 5.74) is 0. The lowest BCUT2D eigenvalue weighted by Gasteiger charge is -2.21. The highest BCUT2D eigenvalue weighted by Gasteiger charge is 2.14. The summed E-state index contributed by atoms with van der Waals surface area (Å²) < 4.78 is 0. The number of hydrogen-bond acceptors (Lipinski definition) is 4. The van der Waals surface area contributed by atoms with Gasteiger partial charge in [-0.3, -0.25) is 4.79 Å².